The summed E-state index contributed by atoms with van der Waals surface area (Å²) in [5.41, 5.74) is 1.11. The standard InChI is InChI=1S/C11H16N2OS/c14-11(5-9-2-4-15-8-9)13-7-10-1-3-12-6-10/h2,4,8,10,12H,1,3,5-7H2,(H,13,14)/t10-/m0/s1. The number of carbonyl (C=O) groups excluding carboxylic acids is 1. The smallest absolute Gasteiger partial charge is 0.224 e. The lowest BCUT2D eigenvalue weighted by Crippen LogP contribution is -2.31. The van der Waals surface area contributed by atoms with Crippen molar-refractivity contribution in [2.24, 2.45) is 5.92 Å². The predicted octanol–water partition coefficient (Wildman–Crippen LogP) is 1.02. The molecule has 1 amide bonds. The van der Waals surface area contributed by atoms with Crippen molar-refractivity contribution in [3.63, 3.8) is 0 Å². The normalized spacial score (nSPS) is 20.4. The van der Waals surface area contributed by atoms with Gasteiger partial charge in [0.05, 0.1) is 6.42 Å². The highest BCUT2D eigenvalue weighted by atomic mass is 32.1. The van der Waals surface area contributed by atoms with Gasteiger partial charge in [-0.15, -0.1) is 0 Å². The fourth-order valence-electron chi connectivity index (χ4n) is 1.79. The molecule has 2 N–H and O–H groups in total. The van der Waals surface area contributed by atoms with E-state index in [2.05, 4.69) is 10.6 Å². The highest BCUT2D eigenvalue weighted by Gasteiger charge is 2.14. The Morgan fingerprint density at radius 3 is 3.27 bits per heavy atom. The van der Waals surface area contributed by atoms with Crippen molar-refractivity contribution in [3.8, 4) is 0 Å². The third kappa shape index (κ3) is 3.32. The van der Waals surface area contributed by atoms with Gasteiger partial charge in [-0.05, 0) is 47.8 Å². The Labute approximate surface area is 93.9 Å². The first-order chi connectivity index (χ1) is 7.34. The molecule has 82 valence electrons. The molecule has 1 aliphatic heterocycles. The van der Waals surface area contributed by atoms with Crippen LogP contribution in [0.4, 0.5) is 0 Å². The molecule has 0 aromatic carbocycles. The summed E-state index contributed by atoms with van der Waals surface area (Å²) in [6, 6.07) is 2.00. The molecule has 1 aromatic rings. The molecule has 1 aliphatic rings. The third-order valence-electron chi connectivity index (χ3n) is 2.70. The van der Waals surface area contributed by atoms with Gasteiger partial charge in [-0.3, -0.25) is 4.79 Å². The average Bonchev–Trinajstić information content (AvgIpc) is 2.86. The maximum Gasteiger partial charge on any atom is 0.224 e. The molecule has 0 bridgehead atoms. The monoisotopic (exact) mass is 224 g/mol. The fraction of sp³-hybridized carbons (Fsp3) is 0.545. The zero-order chi connectivity index (χ0) is 10.5. The number of rotatable bonds is 4. The minimum absolute atomic E-state index is 0.139. The Hall–Kier alpha value is -0.870. The highest BCUT2D eigenvalue weighted by molar-refractivity contribution is 7.07. The number of amides is 1. The summed E-state index contributed by atoms with van der Waals surface area (Å²) in [5.74, 6) is 0.761. The van der Waals surface area contributed by atoms with E-state index in [4.69, 9.17) is 0 Å². The molecule has 1 aromatic heterocycles. The molecule has 0 unspecified atom stereocenters. The van der Waals surface area contributed by atoms with Gasteiger partial charge in [-0.25, -0.2) is 0 Å². The second-order valence-electron chi connectivity index (χ2n) is 3.97. The van der Waals surface area contributed by atoms with Gasteiger partial charge in [0.2, 0.25) is 5.91 Å². The van der Waals surface area contributed by atoms with Crippen LogP contribution in [0.1, 0.15) is 12.0 Å². The zero-order valence-electron chi connectivity index (χ0n) is 8.66. The van der Waals surface area contributed by atoms with E-state index in [0.29, 0.717) is 12.3 Å². The SMILES string of the molecule is O=C(Cc1ccsc1)NC[C@H]1CCNC1. The fourth-order valence-corrected chi connectivity index (χ4v) is 2.46. The van der Waals surface area contributed by atoms with Crippen molar-refractivity contribution in [1.82, 2.24) is 10.6 Å². The number of hydrogen-bond donors (Lipinski definition) is 2. The van der Waals surface area contributed by atoms with Crippen LogP contribution in [-0.4, -0.2) is 25.5 Å². The van der Waals surface area contributed by atoms with E-state index in [1.807, 2.05) is 16.8 Å². The molecule has 2 heterocycles. The quantitative estimate of drug-likeness (QED) is 0.801. The zero-order valence-corrected chi connectivity index (χ0v) is 9.48. The van der Waals surface area contributed by atoms with Crippen LogP contribution < -0.4 is 10.6 Å². The second-order valence-corrected chi connectivity index (χ2v) is 4.75. The van der Waals surface area contributed by atoms with Gasteiger partial charge >= 0.3 is 0 Å². The van der Waals surface area contributed by atoms with E-state index in [0.717, 1.165) is 25.2 Å². The molecule has 4 heteroatoms. The highest BCUT2D eigenvalue weighted by Crippen LogP contribution is 2.07. The summed E-state index contributed by atoms with van der Waals surface area (Å²) in [4.78, 5) is 11.5. The van der Waals surface area contributed by atoms with Gasteiger partial charge in [0.15, 0.2) is 0 Å². The summed E-state index contributed by atoms with van der Waals surface area (Å²) in [7, 11) is 0. The lowest BCUT2D eigenvalue weighted by molar-refractivity contribution is -0.120. The van der Waals surface area contributed by atoms with Crippen LogP contribution in [0.15, 0.2) is 16.8 Å². The summed E-state index contributed by atoms with van der Waals surface area (Å²) in [5, 5.41) is 10.3. The predicted molar refractivity (Wildman–Crippen MR) is 62.0 cm³/mol. The molecule has 0 saturated carbocycles. The molecule has 0 spiro atoms. The third-order valence-corrected chi connectivity index (χ3v) is 3.43. The first-order valence-corrected chi connectivity index (χ1v) is 6.27. The van der Waals surface area contributed by atoms with Crippen molar-refractivity contribution in [2.75, 3.05) is 19.6 Å². The molecule has 3 nitrogen and oxygen atoms in total. The van der Waals surface area contributed by atoms with Crippen molar-refractivity contribution in [3.05, 3.63) is 22.4 Å². The molecule has 0 aliphatic carbocycles. The van der Waals surface area contributed by atoms with Gasteiger partial charge in [0.25, 0.3) is 0 Å². The van der Waals surface area contributed by atoms with Gasteiger partial charge in [-0.1, -0.05) is 0 Å². The molecule has 1 atom stereocenters. The van der Waals surface area contributed by atoms with E-state index in [1.165, 1.54) is 6.42 Å². The molecular formula is C11H16N2OS. The molecular weight excluding hydrogens is 208 g/mol. The van der Waals surface area contributed by atoms with Gasteiger partial charge in [0.1, 0.15) is 0 Å². The Balaban J connectivity index is 1.68. The van der Waals surface area contributed by atoms with Crippen molar-refractivity contribution >= 4 is 17.2 Å². The number of nitrogens with one attached hydrogen (secondary N) is 2. The minimum Gasteiger partial charge on any atom is -0.355 e. The van der Waals surface area contributed by atoms with E-state index < -0.39 is 0 Å². The topological polar surface area (TPSA) is 41.1 Å². The van der Waals surface area contributed by atoms with Gasteiger partial charge in [0, 0.05) is 6.54 Å². The van der Waals surface area contributed by atoms with Crippen LogP contribution in [0, 0.1) is 5.92 Å². The van der Waals surface area contributed by atoms with E-state index in [9.17, 15) is 4.79 Å². The van der Waals surface area contributed by atoms with Gasteiger partial charge in [-0.2, -0.15) is 11.3 Å². The first kappa shape index (κ1) is 10.6. The molecule has 1 fully saturated rings. The first-order valence-electron chi connectivity index (χ1n) is 5.33. The Kier molecular flexibility index (Phi) is 3.75. The van der Waals surface area contributed by atoms with Crippen LogP contribution in [0.5, 0.6) is 0 Å². The van der Waals surface area contributed by atoms with Crippen molar-refractivity contribution < 1.29 is 4.79 Å². The Morgan fingerprint density at radius 2 is 2.60 bits per heavy atom. The lowest BCUT2D eigenvalue weighted by atomic mass is 10.1. The molecule has 0 radical (unpaired) electrons. The summed E-state index contributed by atoms with van der Waals surface area (Å²) >= 11 is 1.63. The maximum absolute atomic E-state index is 11.5. The van der Waals surface area contributed by atoms with E-state index in [1.54, 1.807) is 11.3 Å². The number of hydrogen-bond acceptors (Lipinski definition) is 3. The molecule has 1 saturated heterocycles. The van der Waals surface area contributed by atoms with Crippen LogP contribution >= 0.6 is 11.3 Å². The number of carbonyl (C=O) groups is 1. The van der Waals surface area contributed by atoms with Crippen LogP contribution in [-0.2, 0) is 11.2 Å². The Bertz CT molecular complexity index is 304. The molecule has 2 rings (SSSR count). The lowest BCUT2D eigenvalue weighted by Gasteiger charge is -2.09. The van der Waals surface area contributed by atoms with Crippen LogP contribution in [0.25, 0.3) is 0 Å². The van der Waals surface area contributed by atoms with Crippen LogP contribution in [0.3, 0.4) is 0 Å². The van der Waals surface area contributed by atoms with Crippen LogP contribution in [0.2, 0.25) is 0 Å². The van der Waals surface area contributed by atoms with E-state index in [-0.39, 0.29) is 5.91 Å². The summed E-state index contributed by atoms with van der Waals surface area (Å²) in [6.45, 7) is 2.94. The number of thiophene rings is 1. The molecule has 15 heavy (non-hydrogen) atoms. The van der Waals surface area contributed by atoms with Crippen molar-refractivity contribution in [1.29, 1.82) is 0 Å². The van der Waals surface area contributed by atoms with E-state index >= 15 is 0 Å². The summed E-state index contributed by atoms with van der Waals surface area (Å²) in [6.07, 6.45) is 1.70. The Morgan fingerprint density at radius 1 is 1.67 bits per heavy atom. The van der Waals surface area contributed by atoms with Crippen molar-refractivity contribution in [2.45, 2.75) is 12.8 Å². The maximum atomic E-state index is 11.5. The minimum atomic E-state index is 0.139. The van der Waals surface area contributed by atoms with Gasteiger partial charge < -0.3 is 10.6 Å². The average molecular weight is 224 g/mol. The summed E-state index contributed by atoms with van der Waals surface area (Å²) < 4.78 is 0. The largest absolute Gasteiger partial charge is 0.355 e. The second kappa shape index (κ2) is 5.28.